The minimum atomic E-state index is 0.608. The Morgan fingerprint density at radius 3 is 2.90 bits per heavy atom. The van der Waals surface area contributed by atoms with Crippen molar-refractivity contribution in [2.75, 3.05) is 31.2 Å². The summed E-state index contributed by atoms with van der Waals surface area (Å²) in [5.41, 5.74) is 8.02. The van der Waals surface area contributed by atoms with Crippen LogP contribution in [0.25, 0.3) is 10.8 Å². The predicted molar refractivity (Wildman–Crippen MR) is 87.0 cm³/mol. The number of nitrogen functional groups attached to an aromatic ring is 1. The molecule has 2 aromatic rings. The zero-order chi connectivity index (χ0) is 14.5. The van der Waals surface area contributed by atoms with Crippen molar-refractivity contribution in [2.45, 2.75) is 26.3 Å². The van der Waals surface area contributed by atoms with Gasteiger partial charge in [-0.15, -0.1) is 0 Å². The fraction of sp³-hybridized carbons (Fsp3) is 0.438. The van der Waals surface area contributed by atoms with Crippen LogP contribution in [0, 0.1) is 0 Å². The summed E-state index contributed by atoms with van der Waals surface area (Å²) in [6.07, 6.45) is 4.78. The van der Waals surface area contributed by atoms with E-state index in [4.69, 9.17) is 5.73 Å². The molecule has 4 heteroatoms. The molecule has 0 spiro atoms. The maximum atomic E-state index is 6.22. The van der Waals surface area contributed by atoms with Crippen molar-refractivity contribution in [3.8, 4) is 0 Å². The molecule has 0 saturated carbocycles. The van der Waals surface area contributed by atoms with E-state index in [1.807, 2.05) is 18.3 Å². The van der Waals surface area contributed by atoms with E-state index in [0.29, 0.717) is 6.04 Å². The molecule has 1 heterocycles. The van der Waals surface area contributed by atoms with Crippen molar-refractivity contribution < 1.29 is 0 Å². The molecule has 0 saturated heterocycles. The number of pyridine rings is 1. The number of rotatable bonds is 6. The van der Waals surface area contributed by atoms with Gasteiger partial charge in [-0.1, -0.05) is 13.0 Å². The van der Waals surface area contributed by atoms with Crippen LogP contribution in [-0.2, 0) is 0 Å². The van der Waals surface area contributed by atoms with E-state index in [0.717, 1.165) is 35.2 Å². The molecule has 20 heavy (non-hydrogen) atoms. The topological polar surface area (TPSA) is 54.2 Å². The average Bonchev–Trinajstić information content (AvgIpc) is 2.48. The molecule has 1 unspecified atom stereocenters. The standard InChI is InChI=1S/C16H24N4/c1-4-12(2)20(3)10-9-19-15-6-5-13-11-18-8-7-14(13)16(15)17/h5-8,11-12,19H,4,9-10,17H2,1-3H3. The molecular formula is C16H24N4. The van der Waals surface area contributed by atoms with Crippen LogP contribution < -0.4 is 11.1 Å². The van der Waals surface area contributed by atoms with Gasteiger partial charge >= 0.3 is 0 Å². The number of fused-ring (bicyclic) bond motifs is 1. The highest BCUT2D eigenvalue weighted by Crippen LogP contribution is 2.27. The zero-order valence-electron chi connectivity index (χ0n) is 12.6. The molecule has 0 aliphatic heterocycles. The summed E-state index contributed by atoms with van der Waals surface area (Å²) in [5, 5.41) is 5.56. The van der Waals surface area contributed by atoms with Gasteiger partial charge in [0.1, 0.15) is 0 Å². The SMILES string of the molecule is CCC(C)N(C)CCNc1ccc2cnccc2c1N. The van der Waals surface area contributed by atoms with Crippen LogP contribution in [0.3, 0.4) is 0 Å². The first-order valence-corrected chi connectivity index (χ1v) is 7.19. The van der Waals surface area contributed by atoms with Crippen molar-refractivity contribution in [1.82, 2.24) is 9.88 Å². The zero-order valence-corrected chi connectivity index (χ0v) is 12.6. The first-order chi connectivity index (χ1) is 9.63. The van der Waals surface area contributed by atoms with Crippen molar-refractivity contribution >= 4 is 22.1 Å². The summed E-state index contributed by atoms with van der Waals surface area (Å²) in [5.74, 6) is 0. The molecule has 0 aliphatic rings. The Hall–Kier alpha value is -1.81. The van der Waals surface area contributed by atoms with Crippen molar-refractivity contribution in [3.05, 3.63) is 30.6 Å². The van der Waals surface area contributed by atoms with Gasteiger partial charge in [0.05, 0.1) is 11.4 Å². The van der Waals surface area contributed by atoms with Gasteiger partial charge in [0.15, 0.2) is 0 Å². The Morgan fingerprint density at radius 2 is 2.15 bits per heavy atom. The number of hydrogen-bond donors (Lipinski definition) is 2. The third-order valence-corrected chi connectivity index (χ3v) is 3.99. The summed E-state index contributed by atoms with van der Waals surface area (Å²) < 4.78 is 0. The number of nitrogens with two attached hydrogens (primary N) is 1. The molecule has 0 amide bonds. The number of nitrogens with one attached hydrogen (secondary N) is 1. The van der Waals surface area contributed by atoms with Crippen LogP contribution in [0.4, 0.5) is 11.4 Å². The van der Waals surface area contributed by atoms with Gasteiger partial charge in [-0.3, -0.25) is 4.98 Å². The molecule has 0 bridgehead atoms. The van der Waals surface area contributed by atoms with Crippen LogP contribution in [0.5, 0.6) is 0 Å². The fourth-order valence-electron chi connectivity index (χ4n) is 2.25. The van der Waals surface area contributed by atoms with Crippen molar-refractivity contribution in [3.63, 3.8) is 0 Å². The van der Waals surface area contributed by atoms with E-state index in [9.17, 15) is 0 Å². The minimum Gasteiger partial charge on any atom is -0.397 e. The highest BCUT2D eigenvalue weighted by atomic mass is 15.1. The Morgan fingerprint density at radius 1 is 1.35 bits per heavy atom. The lowest BCUT2D eigenvalue weighted by Crippen LogP contribution is -2.32. The lowest BCUT2D eigenvalue weighted by molar-refractivity contribution is 0.261. The van der Waals surface area contributed by atoms with Gasteiger partial charge in [-0.2, -0.15) is 0 Å². The lowest BCUT2D eigenvalue weighted by Gasteiger charge is -2.24. The van der Waals surface area contributed by atoms with E-state index in [1.54, 1.807) is 6.20 Å². The van der Waals surface area contributed by atoms with Gasteiger partial charge in [0, 0.05) is 42.3 Å². The Balaban J connectivity index is 2.02. The first-order valence-electron chi connectivity index (χ1n) is 7.19. The van der Waals surface area contributed by atoms with Crippen LogP contribution >= 0.6 is 0 Å². The van der Waals surface area contributed by atoms with Gasteiger partial charge in [0.25, 0.3) is 0 Å². The quantitative estimate of drug-likeness (QED) is 0.794. The third kappa shape index (κ3) is 3.20. The maximum absolute atomic E-state index is 6.22. The van der Waals surface area contributed by atoms with E-state index in [2.05, 4.69) is 42.2 Å². The minimum absolute atomic E-state index is 0.608. The fourth-order valence-corrected chi connectivity index (χ4v) is 2.25. The molecule has 0 fully saturated rings. The molecule has 4 nitrogen and oxygen atoms in total. The van der Waals surface area contributed by atoms with Gasteiger partial charge in [-0.05, 0) is 32.5 Å². The molecule has 1 aromatic heterocycles. The van der Waals surface area contributed by atoms with Crippen LogP contribution in [0.15, 0.2) is 30.6 Å². The summed E-state index contributed by atoms with van der Waals surface area (Å²) in [6, 6.07) is 6.65. The van der Waals surface area contributed by atoms with Crippen molar-refractivity contribution in [2.24, 2.45) is 0 Å². The second kappa shape index (κ2) is 6.57. The van der Waals surface area contributed by atoms with E-state index >= 15 is 0 Å². The largest absolute Gasteiger partial charge is 0.397 e. The van der Waals surface area contributed by atoms with E-state index < -0.39 is 0 Å². The molecule has 108 valence electrons. The number of aromatic nitrogens is 1. The molecule has 0 radical (unpaired) electrons. The van der Waals surface area contributed by atoms with Gasteiger partial charge in [0.2, 0.25) is 0 Å². The Kier molecular flexibility index (Phi) is 4.79. The average molecular weight is 272 g/mol. The van der Waals surface area contributed by atoms with Crippen LogP contribution in [0.2, 0.25) is 0 Å². The van der Waals surface area contributed by atoms with E-state index in [-0.39, 0.29) is 0 Å². The molecule has 2 rings (SSSR count). The smallest absolute Gasteiger partial charge is 0.0630 e. The van der Waals surface area contributed by atoms with Crippen LogP contribution in [-0.4, -0.2) is 36.1 Å². The first kappa shape index (κ1) is 14.6. The Labute approximate surface area is 121 Å². The van der Waals surface area contributed by atoms with Gasteiger partial charge < -0.3 is 16.0 Å². The summed E-state index contributed by atoms with van der Waals surface area (Å²) >= 11 is 0. The maximum Gasteiger partial charge on any atom is 0.0630 e. The molecule has 0 aliphatic carbocycles. The molecule has 1 aromatic carbocycles. The molecular weight excluding hydrogens is 248 g/mol. The predicted octanol–water partition coefficient (Wildman–Crippen LogP) is 2.96. The lowest BCUT2D eigenvalue weighted by atomic mass is 10.1. The summed E-state index contributed by atoms with van der Waals surface area (Å²) in [4.78, 5) is 6.47. The number of likely N-dealkylation sites (N-methyl/N-ethyl adjacent to an activating group) is 1. The highest BCUT2D eigenvalue weighted by Gasteiger charge is 2.07. The normalized spacial score (nSPS) is 12.8. The van der Waals surface area contributed by atoms with Crippen molar-refractivity contribution in [1.29, 1.82) is 0 Å². The second-order valence-corrected chi connectivity index (χ2v) is 5.29. The summed E-state index contributed by atoms with van der Waals surface area (Å²) in [7, 11) is 2.16. The number of hydrogen-bond acceptors (Lipinski definition) is 4. The summed E-state index contributed by atoms with van der Waals surface area (Å²) in [6.45, 7) is 6.35. The molecule has 3 N–H and O–H groups in total. The monoisotopic (exact) mass is 272 g/mol. The Bertz CT molecular complexity index is 567. The second-order valence-electron chi connectivity index (χ2n) is 5.29. The number of nitrogens with zero attached hydrogens (tertiary/aromatic N) is 2. The number of benzene rings is 1. The number of anilines is 2. The highest BCUT2D eigenvalue weighted by molar-refractivity contribution is 5.98. The molecule has 1 atom stereocenters. The van der Waals surface area contributed by atoms with Crippen LogP contribution in [0.1, 0.15) is 20.3 Å². The third-order valence-electron chi connectivity index (χ3n) is 3.99. The van der Waals surface area contributed by atoms with E-state index in [1.165, 1.54) is 6.42 Å². The van der Waals surface area contributed by atoms with Gasteiger partial charge in [-0.25, -0.2) is 0 Å².